The molecule has 0 aromatic rings. The molecule has 6 heterocycles. The molecule has 0 spiro atoms. The topological polar surface area (TPSA) is 674 Å². The predicted molar refractivity (Wildman–Crippen MR) is 459 cm³/mol. The van der Waals surface area contributed by atoms with Crippen molar-refractivity contribution >= 4 is 35.4 Å². The SMILES string of the molecule is CCCCCCCCC=CCCCCCCCCCCCC(=O)N[C@@H](CO[C@@H]1O[C@H](CO)[C@@H](O[C@@H]2O[C@H](CO)[C@H](O[C@@H]3O[C@H](CO)[C@H](O)[C@H](O[C@@H]4O[C@H](CO)[C@H](O)[C@H](O[C@]5(C(=O)O)C[C@H](O)[C@@H](NC(C)=O)C([C@H](O)[C@H](O)CO)O5)[C@H]4O)[C@H]3CC(C)=O)[C@H](O[C@]3(C(=O)O)C[C@H](O)[C@@H](NC(C)=O)C([C@H](O)[C@H](O)CO)O3)[C@H]2O)[C@H](O)[C@H]1O)[C@H](O)C=CCCCCCCCCCCCCC. The zero-order chi connectivity index (χ0) is 96.7. The number of rotatable bonds is 63. The van der Waals surface area contributed by atoms with Crippen LogP contribution in [-0.4, -0.2) is 390 Å². The molecule has 42 heteroatoms. The van der Waals surface area contributed by atoms with Gasteiger partial charge in [-0.3, -0.25) is 14.4 Å². The van der Waals surface area contributed by atoms with E-state index in [4.69, 9.17) is 56.8 Å². The van der Waals surface area contributed by atoms with Gasteiger partial charge in [-0.05, 0) is 51.9 Å². The summed E-state index contributed by atoms with van der Waals surface area (Å²) in [5.41, 5.74) is 0. The number of carboxylic acid groups (broad SMARTS) is 2. The van der Waals surface area contributed by atoms with Gasteiger partial charge in [0.2, 0.25) is 17.7 Å². The standard InChI is InChI=1S/C89H155N3O39/c1-6-8-10-12-14-16-18-20-21-22-23-24-25-27-29-31-33-35-37-39-64(107)92-54(55(102)38-36-34-32-30-28-26-19-17-15-13-11-9-7-2)49-120-83-72(113)71(112)76(62(47-97)123-83)126-85-74(115)81(131-89(87(118)119)42-57(104)66(91-52(5)101)79(129-89)68(109)59(106)44-94)77(63(48-98)124-85)127-82-53(40-50(3)99)75(69(110)60(45-95)121-82)125-84-73(114)80(70(111)61(46-96)122-84)130-88(86(116)117)41-56(103)65(90-51(4)100)78(128-88)67(108)58(105)43-93/h20-21,36,38,53-63,65-85,93-98,102-106,108-115H,6-19,22-35,37,39-49H2,1-5H3,(H,90,100)(H,91,101)(H,92,107)(H,116,117)(H,118,119)/t53-,54+,55-,56+,57+,58-,59-,60-,61-,62-,63-,65-,66-,67-,68-,69+,70+,71-,72-,73-,74-,75-,76-,77+,78?,79?,80+,81-,82+,83-,84+,85+,88+,89+/m1/s1. The van der Waals surface area contributed by atoms with Crippen LogP contribution in [-0.2, 0) is 85.6 Å². The van der Waals surface area contributed by atoms with E-state index in [-0.39, 0.29) is 6.42 Å². The minimum Gasteiger partial charge on any atom is -0.477 e. The lowest BCUT2D eigenvalue weighted by molar-refractivity contribution is -0.408. The molecule has 6 rings (SSSR count). The first-order valence-corrected chi connectivity index (χ1v) is 47.1. The molecular formula is C89H155N3O39. The molecule has 6 aliphatic rings. The Hall–Kier alpha value is -4.74. The number of carboxylic acids is 2. The number of aliphatic carboxylic acids is 2. The lowest BCUT2D eigenvalue weighted by atomic mass is 9.86. The van der Waals surface area contributed by atoms with E-state index >= 15 is 0 Å². The van der Waals surface area contributed by atoms with Crippen molar-refractivity contribution in [3.8, 4) is 0 Å². The molecule has 24 N–H and O–H groups in total. The first-order chi connectivity index (χ1) is 62.6. The van der Waals surface area contributed by atoms with Crippen LogP contribution in [0.1, 0.15) is 247 Å². The summed E-state index contributed by atoms with van der Waals surface area (Å²) in [6.45, 7) is -0.625. The molecule has 34 atom stereocenters. The van der Waals surface area contributed by atoms with Crippen molar-refractivity contribution < 1.29 is 193 Å². The summed E-state index contributed by atoms with van der Waals surface area (Å²) in [5, 5.41) is 245. The highest BCUT2D eigenvalue weighted by atomic mass is 16.8. The number of allylic oxidation sites excluding steroid dienone is 3. The van der Waals surface area contributed by atoms with Crippen molar-refractivity contribution in [2.75, 3.05) is 46.2 Å². The van der Waals surface area contributed by atoms with Crippen molar-refractivity contribution in [3.63, 3.8) is 0 Å². The first kappa shape index (κ1) is 115. The second kappa shape index (κ2) is 59.5. The van der Waals surface area contributed by atoms with Gasteiger partial charge in [-0.15, -0.1) is 0 Å². The average molecular weight is 1890 g/mol. The molecule has 0 aromatic carbocycles. The van der Waals surface area contributed by atoms with E-state index in [1.807, 2.05) is 0 Å². The number of aliphatic hydroxyl groups is 19. The molecule has 0 radical (unpaired) electrons. The Labute approximate surface area is 765 Å². The van der Waals surface area contributed by atoms with Gasteiger partial charge in [0.05, 0.1) is 88.8 Å². The third-order valence-corrected chi connectivity index (χ3v) is 25.0. The van der Waals surface area contributed by atoms with Crippen molar-refractivity contribution in [1.82, 2.24) is 16.0 Å². The smallest absolute Gasteiger partial charge is 0.364 e. The van der Waals surface area contributed by atoms with Gasteiger partial charge in [0.25, 0.3) is 11.6 Å². The van der Waals surface area contributed by atoms with Crippen molar-refractivity contribution in [2.45, 2.75) is 448 Å². The summed E-state index contributed by atoms with van der Waals surface area (Å²) in [4.78, 5) is 79.8. The van der Waals surface area contributed by atoms with Crippen LogP contribution in [0.3, 0.4) is 0 Å². The number of amides is 3. The van der Waals surface area contributed by atoms with Crippen LogP contribution in [0.15, 0.2) is 24.3 Å². The van der Waals surface area contributed by atoms with Crippen LogP contribution in [0, 0.1) is 5.92 Å². The molecule has 131 heavy (non-hydrogen) atoms. The van der Waals surface area contributed by atoms with E-state index in [1.54, 1.807) is 6.08 Å². The minimum atomic E-state index is -3.49. The fourth-order valence-electron chi connectivity index (χ4n) is 17.6. The largest absolute Gasteiger partial charge is 0.477 e. The maximum absolute atomic E-state index is 14.1. The summed E-state index contributed by atoms with van der Waals surface area (Å²) < 4.78 is 72.8. The molecule has 0 saturated carbocycles. The Kier molecular flexibility index (Phi) is 52.2. The normalized spacial score (nSPS) is 34.5. The Morgan fingerprint density at radius 3 is 1.22 bits per heavy atom. The Morgan fingerprint density at radius 2 is 0.794 bits per heavy atom. The molecule has 6 saturated heterocycles. The van der Waals surface area contributed by atoms with Gasteiger partial charge < -0.3 is 185 Å². The monoisotopic (exact) mass is 1890 g/mol. The maximum atomic E-state index is 14.1. The van der Waals surface area contributed by atoms with Crippen molar-refractivity contribution in [1.29, 1.82) is 0 Å². The zero-order valence-corrected chi connectivity index (χ0v) is 76.3. The van der Waals surface area contributed by atoms with Gasteiger partial charge in [0.1, 0.15) is 128 Å². The molecular weight excluding hydrogens is 1730 g/mol. The average Bonchev–Trinajstić information content (AvgIpc) is 0.752. The molecule has 2 unspecified atom stereocenters. The van der Waals surface area contributed by atoms with Crippen LogP contribution in [0.4, 0.5) is 0 Å². The molecule has 6 aliphatic heterocycles. The number of hydrogen-bond acceptors (Lipinski definition) is 37. The zero-order valence-electron chi connectivity index (χ0n) is 76.3. The van der Waals surface area contributed by atoms with Crippen LogP contribution < -0.4 is 16.0 Å². The number of Topliss-reactive ketones (excluding diaryl/α,β-unsaturated/α-hetero) is 1. The van der Waals surface area contributed by atoms with Crippen LogP contribution >= 0.6 is 0 Å². The van der Waals surface area contributed by atoms with Gasteiger partial charge in [-0.1, -0.05) is 179 Å². The number of ketones is 1. The van der Waals surface area contributed by atoms with E-state index < -0.39 is 308 Å². The number of aliphatic hydroxyl groups excluding tert-OH is 19. The fourth-order valence-corrected chi connectivity index (χ4v) is 17.6. The lowest BCUT2D eigenvalue weighted by Crippen LogP contribution is -2.71. The van der Waals surface area contributed by atoms with Crippen LogP contribution in [0.5, 0.6) is 0 Å². The van der Waals surface area contributed by atoms with Gasteiger partial charge in [0.15, 0.2) is 25.2 Å². The Morgan fingerprint density at radius 1 is 0.420 bits per heavy atom. The number of carbonyl (C=O) groups is 6. The van der Waals surface area contributed by atoms with E-state index in [9.17, 15) is 136 Å². The summed E-state index contributed by atoms with van der Waals surface area (Å²) in [7, 11) is 0. The number of hydrogen-bond donors (Lipinski definition) is 24. The second-order valence-corrected chi connectivity index (χ2v) is 35.6. The van der Waals surface area contributed by atoms with Crippen molar-refractivity contribution in [3.05, 3.63) is 24.3 Å². The number of unbranched alkanes of at least 4 members (excludes halogenated alkanes) is 26. The van der Waals surface area contributed by atoms with Crippen LogP contribution in [0.2, 0.25) is 0 Å². The Balaban J connectivity index is 1.27. The van der Waals surface area contributed by atoms with E-state index in [1.165, 1.54) is 83.1 Å². The van der Waals surface area contributed by atoms with E-state index in [0.717, 1.165) is 117 Å². The molecule has 0 aromatic heterocycles. The van der Waals surface area contributed by atoms with Gasteiger partial charge >= 0.3 is 11.9 Å². The maximum Gasteiger partial charge on any atom is 0.364 e. The van der Waals surface area contributed by atoms with Crippen LogP contribution in [0.25, 0.3) is 0 Å². The minimum absolute atomic E-state index is 0.0921. The highest BCUT2D eigenvalue weighted by molar-refractivity contribution is 5.78. The highest BCUT2D eigenvalue weighted by Crippen LogP contribution is 2.44. The summed E-state index contributed by atoms with van der Waals surface area (Å²) in [6, 6.07) is -4.78. The van der Waals surface area contributed by atoms with Crippen molar-refractivity contribution in [2.24, 2.45) is 5.92 Å². The van der Waals surface area contributed by atoms with E-state index in [0.29, 0.717) is 12.8 Å². The van der Waals surface area contributed by atoms with Gasteiger partial charge in [-0.25, -0.2) is 9.59 Å². The second-order valence-electron chi connectivity index (χ2n) is 35.6. The molecule has 0 bridgehead atoms. The number of nitrogens with one attached hydrogen (secondary N) is 3. The summed E-state index contributed by atoms with van der Waals surface area (Å²) in [6.07, 6.45) is -25.8. The van der Waals surface area contributed by atoms with E-state index in [2.05, 4.69) is 41.9 Å². The molecule has 760 valence electrons. The first-order valence-electron chi connectivity index (χ1n) is 47.1. The number of carbonyl (C=O) groups excluding carboxylic acids is 4. The Bertz CT molecular complexity index is 3320. The third kappa shape index (κ3) is 34.7. The van der Waals surface area contributed by atoms with Gasteiger partial charge in [-0.2, -0.15) is 0 Å². The molecule has 3 amide bonds. The lowest BCUT2D eigenvalue weighted by Gasteiger charge is -2.53. The number of ether oxygens (including phenoxy) is 12. The summed E-state index contributed by atoms with van der Waals surface area (Å²) in [5.74, 6) is -16.1. The highest BCUT2D eigenvalue weighted by Gasteiger charge is 2.64. The molecule has 6 fully saturated rings. The fraction of sp³-hybridized carbons (Fsp3) is 0.888. The molecule has 42 nitrogen and oxygen atoms in total. The molecule has 0 aliphatic carbocycles. The third-order valence-electron chi connectivity index (χ3n) is 25.0. The predicted octanol–water partition coefficient (Wildman–Crippen LogP) is -1.44. The summed E-state index contributed by atoms with van der Waals surface area (Å²) >= 11 is 0. The quantitative estimate of drug-likeness (QED) is 0.0245. The van der Waals surface area contributed by atoms with Gasteiger partial charge in [0, 0.05) is 45.4 Å².